The molecule has 0 spiro atoms. The molecule has 5 nitrogen and oxygen atoms in total. The van der Waals surface area contributed by atoms with Gasteiger partial charge in [0.25, 0.3) is 0 Å². The molecule has 0 aliphatic carbocycles. The van der Waals surface area contributed by atoms with Crippen LogP contribution in [0.2, 0.25) is 0 Å². The lowest BCUT2D eigenvalue weighted by Gasteiger charge is -2.04. The molecule has 2 aliphatic heterocycles. The molecule has 0 radical (unpaired) electrons. The number of ether oxygens (including phenoxy) is 4. The van der Waals surface area contributed by atoms with Gasteiger partial charge in [0.05, 0.1) is 6.61 Å². The van der Waals surface area contributed by atoms with Gasteiger partial charge in [-0.3, -0.25) is 4.79 Å². The molecule has 24 heavy (non-hydrogen) atoms. The van der Waals surface area contributed by atoms with Crippen molar-refractivity contribution in [2.24, 2.45) is 0 Å². The van der Waals surface area contributed by atoms with Crippen molar-refractivity contribution in [1.29, 1.82) is 0 Å². The number of ketones is 1. The van der Waals surface area contributed by atoms with E-state index in [0.29, 0.717) is 17.9 Å². The van der Waals surface area contributed by atoms with E-state index >= 15 is 0 Å². The first kappa shape index (κ1) is 14.8. The number of fused-ring (bicyclic) bond motifs is 1. The Hall–Kier alpha value is -2.79. The number of rotatable bonds is 6. The minimum atomic E-state index is -0.0651. The van der Waals surface area contributed by atoms with Crippen molar-refractivity contribution in [2.75, 3.05) is 20.0 Å². The lowest BCUT2D eigenvalue weighted by Crippen LogP contribution is -2.04. The molecule has 2 aliphatic rings. The topological polar surface area (TPSA) is 57.3 Å². The first-order chi connectivity index (χ1) is 11.8. The smallest absolute Gasteiger partial charge is 0.231 e. The van der Waals surface area contributed by atoms with Crippen LogP contribution in [-0.4, -0.2) is 31.9 Å². The fraction of sp³-hybridized carbons (Fsp3) is 0.211. The van der Waals surface area contributed by atoms with E-state index in [1.165, 1.54) is 0 Å². The van der Waals surface area contributed by atoms with Gasteiger partial charge >= 0.3 is 0 Å². The number of allylic oxidation sites excluding steroid dienone is 1. The summed E-state index contributed by atoms with van der Waals surface area (Å²) in [7, 11) is 0. The summed E-state index contributed by atoms with van der Waals surface area (Å²) in [5, 5.41) is 0. The molecule has 2 aromatic rings. The average Bonchev–Trinajstić information content (AvgIpc) is 3.33. The van der Waals surface area contributed by atoms with Crippen molar-refractivity contribution in [3.05, 3.63) is 59.7 Å². The fourth-order valence-electron chi connectivity index (χ4n) is 2.35. The van der Waals surface area contributed by atoms with E-state index in [1.54, 1.807) is 36.4 Å². The molecular formula is C19H16O5. The molecule has 2 aromatic carbocycles. The Morgan fingerprint density at radius 3 is 2.71 bits per heavy atom. The second kappa shape index (κ2) is 6.37. The summed E-state index contributed by atoms with van der Waals surface area (Å²) in [6.07, 6.45) is 3.53. The van der Waals surface area contributed by atoms with Crippen LogP contribution in [0, 0.1) is 0 Å². The highest BCUT2D eigenvalue weighted by Crippen LogP contribution is 2.32. The van der Waals surface area contributed by atoms with Crippen LogP contribution in [0.25, 0.3) is 6.08 Å². The molecule has 0 bridgehead atoms. The Bertz CT molecular complexity index is 775. The van der Waals surface area contributed by atoms with E-state index in [9.17, 15) is 4.79 Å². The molecule has 1 fully saturated rings. The molecule has 122 valence electrons. The Kier molecular flexibility index (Phi) is 3.92. The fourth-order valence-corrected chi connectivity index (χ4v) is 2.35. The molecule has 0 amide bonds. The summed E-state index contributed by atoms with van der Waals surface area (Å²) in [6, 6.07) is 12.7. The molecular weight excluding hydrogens is 308 g/mol. The summed E-state index contributed by atoms with van der Waals surface area (Å²) in [5.74, 6) is 2.10. The van der Waals surface area contributed by atoms with Gasteiger partial charge in [-0.15, -0.1) is 0 Å². The third kappa shape index (κ3) is 3.41. The van der Waals surface area contributed by atoms with Crippen LogP contribution in [0.4, 0.5) is 0 Å². The van der Waals surface area contributed by atoms with Gasteiger partial charge < -0.3 is 18.9 Å². The number of carbonyl (C=O) groups excluding carboxylic acids is 1. The number of epoxide rings is 1. The van der Waals surface area contributed by atoms with E-state index in [0.717, 1.165) is 23.7 Å². The third-order valence-electron chi connectivity index (χ3n) is 3.80. The highest BCUT2D eigenvalue weighted by molar-refractivity contribution is 6.06. The van der Waals surface area contributed by atoms with Crippen LogP contribution in [0.15, 0.2) is 48.5 Å². The van der Waals surface area contributed by atoms with E-state index in [4.69, 9.17) is 18.9 Å². The highest BCUT2D eigenvalue weighted by Gasteiger charge is 2.23. The summed E-state index contributed by atoms with van der Waals surface area (Å²) in [6.45, 7) is 1.56. The Morgan fingerprint density at radius 2 is 1.92 bits per heavy atom. The SMILES string of the molecule is O=C(C=Cc1ccc2c(c1)OCO2)c1ccc(OCC2CO2)cc1. The van der Waals surface area contributed by atoms with Gasteiger partial charge in [-0.05, 0) is 48.0 Å². The first-order valence-electron chi connectivity index (χ1n) is 7.74. The minimum Gasteiger partial charge on any atom is -0.491 e. The number of carbonyl (C=O) groups is 1. The maximum Gasteiger partial charge on any atom is 0.231 e. The maximum atomic E-state index is 12.2. The zero-order valence-electron chi connectivity index (χ0n) is 12.9. The summed E-state index contributed by atoms with van der Waals surface area (Å²) in [4.78, 5) is 12.2. The van der Waals surface area contributed by atoms with Crippen molar-refractivity contribution in [1.82, 2.24) is 0 Å². The van der Waals surface area contributed by atoms with E-state index in [2.05, 4.69) is 0 Å². The van der Waals surface area contributed by atoms with Crippen molar-refractivity contribution in [3.8, 4) is 17.2 Å². The Balaban J connectivity index is 1.39. The van der Waals surface area contributed by atoms with E-state index < -0.39 is 0 Å². The van der Waals surface area contributed by atoms with Crippen molar-refractivity contribution in [3.63, 3.8) is 0 Å². The lowest BCUT2D eigenvalue weighted by molar-refractivity contribution is 0.104. The van der Waals surface area contributed by atoms with Crippen LogP contribution in [-0.2, 0) is 4.74 Å². The number of benzene rings is 2. The minimum absolute atomic E-state index is 0.0651. The zero-order chi connectivity index (χ0) is 16.4. The van der Waals surface area contributed by atoms with Gasteiger partial charge in [-0.1, -0.05) is 12.1 Å². The van der Waals surface area contributed by atoms with E-state index in [-0.39, 0.29) is 18.7 Å². The number of hydrogen-bond donors (Lipinski definition) is 0. The molecule has 0 aromatic heterocycles. The van der Waals surface area contributed by atoms with Crippen molar-refractivity contribution in [2.45, 2.75) is 6.10 Å². The zero-order valence-corrected chi connectivity index (χ0v) is 12.9. The normalized spacial score (nSPS) is 17.9. The largest absolute Gasteiger partial charge is 0.491 e. The molecule has 4 rings (SSSR count). The average molecular weight is 324 g/mol. The van der Waals surface area contributed by atoms with Gasteiger partial charge in [-0.25, -0.2) is 0 Å². The number of hydrogen-bond acceptors (Lipinski definition) is 5. The van der Waals surface area contributed by atoms with Crippen molar-refractivity contribution >= 4 is 11.9 Å². The Labute approximate surface area is 139 Å². The van der Waals surface area contributed by atoms with Crippen molar-refractivity contribution < 1.29 is 23.7 Å². The second-order valence-corrected chi connectivity index (χ2v) is 5.60. The van der Waals surface area contributed by atoms with Crippen LogP contribution >= 0.6 is 0 Å². The molecule has 2 heterocycles. The van der Waals surface area contributed by atoms with E-state index in [1.807, 2.05) is 18.2 Å². The van der Waals surface area contributed by atoms with Gasteiger partial charge in [0.1, 0.15) is 18.5 Å². The highest BCUT2D eigenvalue weighted by atomic mass is 16.7. The standard InChI is InChI=1S/C19H16O5/c20-17(7-1-13-2-8-18-19(9-13)24-12-23-18)14-3-5-15(6-4-14)21-10-16-11-22-16/h1-9,16H,10-12H2. The molecule has 5 heteroatoms. The van der Waals surface area contributed by atoms with Gasteiger partial charge in [0.15, 0.2) is 17.3 Å². The molecule has 1 saturated heterocycles. The van der Waals surface area contributed by atoms with Crippen LogP contribution in [0.3, 0.4) is 0 Å². The Morgan fingerprint density at radius 1 is 1.12 bits per heavy atom. The quantitative estimate of drug-likeness (QED) is 0.464. The monoisotopic (exact) mass is 324 g/mol. The summed E-state index contributed by atoms with van der Waals surface area (Å²) in [5.41, 5.74) is 1.50. The summed E-state index contributed by atoms with van der Waals surface area (Å²) < 4.78 is 21.2. The second-order valence-electron chi connectivity index (χ2n) is 5.60. The van der Waals surface area contributed by atoms with Crippen LogP contribution in [0.1, 0.15) is 15.9 Å². The van der Waals surface area contributed by atoms with Gasteiger partial charge in [0, 0.05) is 5.56 Å². The maximum absolute atomic E-state index is 12.2. The predicted molar refractivity (Wildman–Crippen MR) is 87.6 cm³/mol. The van der Waals surface area contributed by atoms with Crippen LogP contribution < -0.4 is 14.2 Å². The molecule has 0 N–H and O–H groups in total. The van der Waals surface area contributed by atoms with Crippen LogP contribution in [0.5, 0.6) is 17.2 Å². The van der Waals surface area contributed by atoms with Gasteiger partial charge in [0.2, 0.25) is 6.79 Å². The molecule has 1 atom stereocenters. The first-order valence-corrected chi connectivity index (χ1v) is 7.74. The van der Waals surface area contributed by atoms with Gasteiger partial charge in [-0.2, -0.15) is 0 Å². The molecule has 1 unspecified atom stereocenters. The third-order valence-corrected chi connectivity index (χ3v) is 3.80. The lowest BCUT2D eigenvalue weighted by atomic mass is 10.1. The molecule has 0 saturated carbocycles. The predicted octanol–water partition coefficient (Wildman–Crippen LogP) is 3.09. The summed E-state index contributed by atoms with van der Waals surface area (Å²) >= 11 is 0.